The SMILES string of the molecule is CCc1cccc2c(CCNC(=NCc3nnc(C)n3C)NCc3cccs3)c[nH]c12. The van der Waals surface area contributed by atoms with Crippen molar-refractivity contribution in [1.82, 2.24) is 30.4 Å². The zero-order valence-corrected chi connectivity index (χ0v) is 19.1. The Morgan fingerprint density at radius 3 is 2.81 bits per heavy atom. The van der Waals surface area contributed by atoms with E-state index in [4.69, 9.17) is 4.99 Å². The summed E-state index contributed by atoms with van der Waals surface area (Å²) < 4.78 is 1.97. The molecular weight excluding hydrogens is 406 g/mol. The molecule has 8 heteroatoms. The van der Waals surface area contributed by atoms with Crippen LogP contribution in [-0.4, -0.2) is 32.3 Å². The number of rotatable bonds is 8. The highest BCUT2D eigenvalue weighted by molar-refractivity contribution is 7.09. The molecule has 1 aromatic carbocycles. The number of para-hydroxylation sites is 1. The lowest BCUT2D eigenvalue weighted by Crippen LogP contribution is -2.38. The Morgan fingerprint density at radius 2 is 2.06 bits per heavy atom. The van der Waals surface area contributed by atoms with Crippen molar-refractivity contribution in [3.8, 4) is 0 Å². The minimum absolute atomic E-state index is 0.476. The van der Waals surface area contributed by atoms with E-state index in [0.717, 1.165) is 43.5 Å². The van der Waals surface area contributed by atoms with E-state index in [9.17, 15) is 0 Å². The topological polar surface area (TPSA) is 82.9 Å². The van der Waals surface area contributed by atoms with E-state index in [1.807, 2.05) is 18.5 Å². The third-order valence-corrected chi connectivity index (χ3v) is 6.40. The normalized spacial score (nSPS) is 11.9. The maximum atomic E-state index is 4.74. The first-order valence-electron chi connectivity index (χ1n) is 10.6. The van der Waals surface area contributed by atoms with Gasteiger partial charge in [-0.15, -0.1) is 21.5 Å². The van der Waals surface area contributed by atoms with Crippen molar-refractivity contribution in [3.05, 3.63) is 69.6 Å². The van der Waals surface area contributed by atoms with Crippen molar-refractivity contribution in [2.45, 2.75) is 39.8 Å². The van der Waals surface area contributed by atoms with Crippen LogP contribution in [0.25, 0.3) is 10.9 Å². The number of aromatic amines is 1. The molecule has 0 aliphatic heterocycles. The van der Waals surface area contributed by atoms with Gasteiger partial charge in [-0.25, -0.2) is 4.99 Å². The summed E-state index contributed by atoms with van der Waals surface area (Å²) in [6.07, 6.45) is 4.07. The fraction of sp³-hybridized carbons (Fsp3) is 0.348. The van der Waals surface area contributed by atoms with Crippen LogP contribution >= 0.6 is 11.3 Å². The summed E-state index contributed by atoms with van der Waals surface area (Å²) in [6, 6.07) is 10.7. The number of aryl methyl sites for hydroxylation is 2. The lowest BCUT2D eigenvalue weighted by molar-refractivity contribution is 0.750. The van der Waals surface area contributed by atoms with Crippen LogP contribution in [0.5, 0.6) is 0 Å². The van der Waals surface area contributed by atoms with Gasteiger partial charge in [-0.3, -0.25) is 0 Å². The van der Waals surface area contributed by atoms with E-state index in [1.165, 1.54) is 26.9 Å². The number of aromatic nitrogens is 4. The Kier molecular flexibility index (Phi) is 6.66. The molecule has 0 fully saturated rings. The van der Waals surface area contributed by atoms with Crippen LogP contribution < -0.4 is 10.6 Å². The number of hydrogen-bond acceptors (Lipinski definition) is 4. The van der Waals surface area contributed by atoms with E-state index in [-0.39, 0.29) is 0 Å². The van der Waals surface area contributed by atoms with Crippen molar-refractivity contribution in [2.24, 2.45) is 12.0 Å². The van der Waals surface area contributed by atoms with Crippen molar-refractivity contribution < 1.29 is 0 Å². The number of thiophene rings is 1. The predicted molar refractivity (Wildman–Crippen MR) is 127 cm³/mol. The Balaban J connectivity index is 1.42. The molecule has 0 unspecified atom stereocenters. The van der Waals surface area contributed by atoms with Gasteiger partial charge in [0, 0.05) is 35.6 Å². The third kappa shape index (κ3) is 4.96. The van der Waals surface area contributed by atoms with Gasteiger partial charge in [0.2, 0.25) is 0 Å². The van der Waals surface area contributed by atoms with Crippen molar-refractivity contribution >= 4 is 28.2 Å². The molecule has 3 N–H and O–H groups in total. The molecule has 0 bridgehead atoms. The van der Waals surface area contributed by atoms with Crippen LogP contribution in [0.15, 0.2) is 46.9 Å². The second kappa shape index (κ2) is 9.78. The Morgan fingerprint density at radius 1 is 1.16 bits per heavy atom. The highest BCUT2D eigenvalue weighted by Crippen LogP contribution is 2.22. The molecule has 0 atom stereocenters. The Labute approximate surface area is 186 Å². The van der Waals surface area contributed by atoms with Gasteiger partial charge in [0.05, 0.1) is 6.54 Å². The minimum Gasteiger partial charge on any atom is -0.361 e. The van der Waals surface area contributed by atoms with Crippen molar-refractivity contribution in [3.63, 3.8) is 0 Å². The maximum Gasteiger partial charge on any atom is 0.192 e. The second-order valence-corrected chi connectivity index (χ2v) is 8.54. The smallest absolute Gasteiger partial charge is 0.192 e. The zero-order chi connectivity index (χ0) is 21.6. The van der Waals surface area contributed by atoms with E-state index >= 15 is 0 Å². The number of nitrogens with zero attached hydrogens (tertiary/aromatic N) is 4. The summed E-state index contributed by atoms with van der Waals surface area (Å²) in [4.78, 5) is 9.47. The number of H-pyrrole nitrogens is 1. The summed E-state index contributed by atoms with van der Waals surface area (Å²) in [5.41, 5.74) is 3.93. The molecular formula is C23H29N7S. The highest BCUT2D eigenvalue weighted by atomic mass is 32.1. The average Bonchev–Trinajstić information content (AvgIpc) is 3.52. The van der Waals surface area contributed by atoms with Gasteiger partial charge in [0.15, 0.2) is 11.8 Å². The van der Waals surface area contributed by atoms with Crippen LogP contribution in [-0.2, 0) is 33.0 Å². The number of aliphatic imine (C=N–C) groups is 1. The van der Waals surface area contributed by atoms with Crippen molar-refractivity contribution in [2.75, 3.05) is 6.54 Å². The van der Waals surface area contributed by atoms with E-state index in [1.54, 1.807) is 11.3 Å². The van der Waals surface area contributed by atoms with Crippen molar-refractivity contribution in [1.29, 1.82) is 0 Å². The molecule has 0 amide bonds. The first-order valence-corrected chi connectivity index (χ1v) is 11.5. The standard InChI is InChI=1S/C23H29N7S/c1-4-17-7-5-9-20-18(13-25-22(17)20)10-11-24-23(26-14-19-8-6-12-31-19)27-15-21-29-28-16(2)30(21)3/h5-9,12-13,25H,4,10-11,14-15H2,1-3H3,(H2,24,26,27). The van der Waals surface area contributed by atoms with Crippen LogP contribution in [0.4, 0.5) is 0 Å². The van der Waals surface area contributed by atoms with Crippen LogP contribution in [0.3, 0.4) is 0 Å². The molecule has 0 aliphatic carbocycles. The first kappa shape index (κ1) is 21.1. The third-order valence-electron chi connectivity index (χ3n) is 5.53. The first-order chi connectivity index (χ1) is 15.2. The molecule has 4 aromatic rings. The molecule has 0 saturated carbocycles. The van der Waals surface area contributed by atoms with Crippen LogP contribution in [0, 0.1) is 6.92 Å². The van der Waals surface area contributed by atoms with Gasteiger partial charge in [0.1, 0.15) is 12.4 Å². The van der Waals surface area contributed by atoms with Crippen LogP contribution in [0.1, 0.15) is 34.6 Å². The van der Waals surface area contributed by atoms with E-state index in [0.29, 0.717) is 6.54 Å². The molecule has 31 heavy (non-hydrogen) atoms. The molecule has 3 heterocycles. The maximum absolute atomic E-state index is 4.74. The molecule has 0 spiro atoms. The lowest BCUT2D eigenvalue weighted by atomic mass is 10.1. The highest BCUT2D eigenvalue weighted by Gasteiger charge is 2.08. The van der Waals surface area contributed by atoms with Gasteiger partial charge >= 0.3 is 0 Å². The second-order valence-electron chi connectivity index (χ2n) is 7.50. The number of guanidine groups is 1. The monoisotopic (exact) mass is 435 g/mol. The molecule has 0 saturated heterocycles. The number of fused-ring (bicyclic) bond motifs is 1. The Bertz CT molecular complexity index is 1150. The van der Waals surface area contributed by atoms with Crippen LogP contribution in [0.2, 0.25) is 0 Å². The fourth-order valence-electron chi connectivity index (χ4n) is 3.59. The summed E-state index contributed by atoms with van der Waals surface area (Å²) in [5.74, 6) is 2.51. The zero-order valence-electron chi connectivity index (χ0n) is 18.3. The molecule has 0 aliphatic rings. The molecule has 7 nitrogen and oxygen atoms in total. The summed E-state index contributed by atoms with van der Waals surface area (Å²) in [5, 5.41) is 18.7. The summed E-state index contributed by atoms with van der Waals surface area (Å²) >= 11 is 1.74. The molecule has 162 valence electrons. The quantitative estimate of drug-likeness (QED) is 0.291. The number of nitrogens with one attached hydrogen (secondary N) is 3. The minimum atomic E-state index is 0.476. The van der Waals surface area contributed by atoms with Gasteiger partial charge in [-0.1, -0.05) is 31.2 Å². The van der Waals surface area contributed by atoms with Gasteiger partial charge in [-0.2, -0.15) is 0 Å². The van der Waals surface area contributed by atoms with E-state index < -0.39 is 0 Å². The number of benzene rings is 1. The molecule has 3 aromatic heterocycles. The fourth-order valence-corrected chi connectivity index (χ4v) is 4.23. The molecule has 0 radical (unpaired) electrons. The largest absolute Gasteiger partial charge is 0.361 e. The van der Waals surface area contributed by atoms with Gasteiger partial charge < -0.3 is 20.2 Å². The van der Waals surface area contributed by atoms with E-state index in [2.05, 4.69) is 74.6 Å². The predicted octanol–water partition coefficient (Wildman–Crippen LogP) is 3.71. The average molecular weight is 436 g/mol. The molecule has 4 rings (SSSR count). The Hall–Kier alpha value is -3.13. The number of hydrogen-bond donors (Lipinski definition) is 3. The van der Waals surface area contributed by atoms with Gasteiger partial charge in [-0.05, 0) is 42.3 Å². The van der Waals surface area contributed by atoms with Gasteiger partial charge in [0.25, 0.3) is 0 Å². The summed E-state index contributed by atoms with van der Waals surface area (Å²) in [6.45, 7) is 6.15. The lowest BCUT2D eigenvalue weighted by Gasteiger charge is -2.12. The summed E-state index contributed by atoms with van der Waals surface area (Å²) in [7, 11) is 1.97.